The van der Waals surface area contributed by atoms with Gasteiger partial charge < -0.3 is 15.5 Å². The number of rotatable bonds is 7. The molecule has 1 unspecified atom stereocenters. The van der Waals surface area contributed by atoms with E-state index in [9.17, 15) is 9.59 Å². The molecule has 5 heteroatoms. The van der Waals surface area contributed by atoms with E-state index in [4.69, 9.17) is 0 Å². The van der Waals surface area contributed by atoms with Crippen LogP contribution in [0, 0.1) is 0 Å². The van der Waals surface area contributed by atoms with Crippen LogP contribution < -0.4 is 15.5 Å². The molecule has 1 aliphatic carbocycles. The molecule has 3 rings (SSSR count). The second kappa shape index (κ2) is 10.3. The molecule has 1 aliphatic rings. The van der Waals surface area contributed by atoms with Crippen LogP contribution in [0.1, 0.15) is 62.8 Å². The summed E-state index contributed by atoms with van der Waals surface area (Å²) in [5, 5.41) is 5.60. The number of hydrogen-bond donors (Lipinski definition) is 2. The molecule has 0 fully saturated rings. The summed E-state index contributed by atoms with van der Waals surface area (Å²) < 4.78 is 0. The fraction of sp³-hybridized carbons (Fsp3) is 0.440. The second-order valence-electron chi connectivity index (χ2n) is 7.84. The predicted molar refractivity (Wildman–Crippen MR) is 123 cm³/mol. The Labute approximate surface area is 179 Å². The quantitative estimate of drug-likeness (QED) is 0.659. The number of carbonyl (C=O) groups excluding carboxylic acids is 2. The molecule has 0 spiro atoms. The van der Waals surface area contributed by atoms with Gasteiger partial charge >= 0.3 is 11.8 Å². The van der Waals surface area contributed by atoms with E-state index in [1.54, 1.807) is 0 Å². The largest absolute Gasteiger partial charge is 0.372 e. The van der Waals surface area contributed by atoms with Crippen molar-refractivity contribution in [2.75, 3.05) is 23.3 Å². The molecule has 2 aromatic carbocycles. The molecule has 2 aromatic rings. The summed E-state index contributed by atoms with van der Waals surface area (Å²) in [5.41, 5.74) is 5.58. The second-order valence-corrected chi connectivity index (χ2v) is 7.84. The molecule has 0 aliphatic heterocycles. The maximum Gasteiger partial charge on any atom is 0.313 e. The maximum absolute atomic E-state index is 12.5. The van der Waals surface area contributed by atoms with Gasteiger partial charge in [0.15, 0.2) is 0 Å². The van der Waals surface area contributed by atoms with Gasteiger partial charge in [-0.3, -0.25) is 9.59 Å². The summed E-state index contributed by atoms with van der Waals surface area (Å²) in [4.78, 5) is 27.2. The highest BCUT2D eigenvalue weighted by Gasteiger charge is 2.20. The Hall–Kier alpha value is -2.82. The van der Waals surface area contributed by atoms with Crippen LogP contribution in [0.15, 0.2) is 42.5 Å². The standard InChI is InChI=1S/C25H33N3O2/c1-4-23(20-12-11-18-9-7-8-10-19(18)17-20)27-25(30)24(29)26-21-13-15-22(16-14-21)28(5-2)6-3/h11-17,23H,4-10H2,1-3H3,(H,26,29)(H,27,30). The van der Waals surface area contributed by atoms with Gasteiger partial charge in [0, 0.05) is 24.5 Å². The zero-order chi connectivity index (χ0) is 21.5. The monoisotopic (exact) mass is 407 g/mol. The summed E-state index contributed by atoms with van der Waals surface area (Å²) in [6.07, 6.45) is 5.42. The fourth-order valence-electron chi connectivity index (χ4n) is 4.15. The van der Waals surface area contributed by atoms with Crippen LogP contribution in [0.2, 0.25) is 0 Å². The first kappa shape index (κ1) is 21.9. The van der Waals surface area contributed by atoms with Crippen molar-refractivity contribution in [2.24, 2.45) is 0 Å². The van der Waals surface area contributed by atoms with Crippen molar-refractivity contribution >= 4 is 23.2 Å². The van der Waals surface area contributed by atoms with Gasteiger partial charge in [-0.2, -0.15) is 0 Å². The van der Waals surface area contributed by atoms with Crippen LogP contribution in [0.4, 0.5) is 11.4 Å². The SMILES string of the molecule is CCC(NC(=O)C(=O)Nc1ccc(N(CC)CC)cc1)c1ccc2c(c1)CCCC2. The number of nitrogens with zero attached hydrogens (tertiary/aromatic N) is 1. The van der Waals surface area contributed by atoms with E-state index in [1.165, 1.54) is 24.0 Å². The minimum Gasteiger partial charge on any atom is -0.372 e. The number of fused-ring (bicyclic) bond motifs is 1. The molecule has 0 bridgehead atoms. The molecule has 0 saturated heterocycles. The maximum atomic E-state index is 12.5. The van der Waals surface area contributed by atoms with E-state index in [0.717, 1.165) is 43.6 Å². The average Bonchev–Trinajstić information content (AvgIpc) is 2.78. The van der Waals surface area contributed by atoms with Gasteiger partial charge in [0.25, 0.3) is 0 Å². The molecule has 30 heavy (non-hydrogen) atoms. The Morgan fingerprint density at radius 3 is 2.20 bits per heavy atom. The summed E-state index contributed by atoms with van der Waals surface area (Å²) in [7, 11) is 0. The van der Waals surface area contributed by atoms with Crippen molar-refractivity contribution in [3.8, 4) is 0 Å². The normalized spacial score (nSPS) is 13.8. The number of amides is 2. The molecular weight excluding hydrogens is 374 g/mol. The van der Waals surface area contributed by atoms with E-state index < -0.39 is 11.8 Å². The van der Waals surface area contributed by atoms with Gasteiger partial charge in [0.05, 0.1) is 6.04 Å². The van der Waals surface area contributed by atoms with Crippen molar-refractivity contribution < 1.29 is 9.59 Å². The first-order chi connectivity index (χ1) is 14.5. The highest BCUT2D eigenvalue weighted by atomic mass is 16.2. The highest BCUT2D eigenvalue weighted by molar-refractivity contribution is 6.39. The number of benzene rings is 2. The molecule has 160 valence electrons. The summed E-state index contributed by atoms with van der Waals surface area (Å²) in [5.74, 6) is -1.24. The van der Waals surface area contributed by atoms with Gasteiger partial charge in [-0.15, -0.1) is 0 Å². The van der Waals surface area contributed by atoms with E-state index in [-0.39, 0.29) is 6.04 Å². The molecule has 5 nitrogen and oxygen atoms in total. The number of nitrogens with one attached hydrogen (secondary N) is 2. The lowest BCUT2D eigenvalue weighted by atomic mass is 9.89. The van der Waals surface area contributed by atoms with Crippen LogP contribution in [0.25, 0.3) is 0 Å². The predicted octanol–water partition coefficient (Wildman–Crippen LogP) is 4.62. The summed E-state index contributed by atoms with van der Waals surface area (Å²) >= 11 is 0. The van der Waals surface area contributed by atoms with Crippen LogP contribution in [0.5, 0.6) is 0 Å². The minimum atomic E-state index is -0.637. The molecule has 1 atom stereocenters. The van der Waals surface area contributed by atoms with Gasteiger partial charge in [-0.1, -0.05) is 25.1 Å². The Bertz CT molecular complexity index is 872. The lowest BCUT2D eigenvalue weighted by Crippen LogP contribution is -2.37. The Balaban J connectivity index is 1.62. The fourth-order valence-corrected chi connectivity index (χ4v) is 4.15. The van der Waals surface area contributed by atoms with Crippen LogP contribution in [-0.4, -0.2) is 24.9 Å². The van der Waals surface area contributed by atoms with Gasteiger partial charge in [-0.05, 0) is 86.9 Å². The summed E-state index contributed by atoms with van der Waals surface area (Å²) in [6.45, 7) is 8.08. The Kier molecular flexibility index (Phi) is 7.50. The average molecular weight is 408 g/mol. The van der Waals surface area contributed by atoms with E-state index in [2.05, 4.69) is 47.6 Å². The number of hydrogen-bond acceptors (Lipinski definition) is 3. The molecule has 0 radical (unpaired) electrons. The minimum absolute atomic E-state index is 0.166. The third kappa shape index (κ3) is 5.21. The zero-order valence-corrected chi connectivity index (χ0v) is 18.3. The Morgan fingerprint density at radius 2 is 1.57 bits per heavy atom. The number of carbonyl (C=O) groups is 2. The molecule has 2 N–H and O–H groups in total. The molecule has 2 amide bonds. The van der Waals surface area contributed by atoms with Crippen molar-refractivity contribution in [1.29, 1.82) is 0 Å². The first-order valence-electron chi connectivity index (χ1n) is 11.1. The third-order valence-corrected chi connectivity index (χ3v) is 5.95. The molecular formula is C25H33N3O2. The van der Waals surface area contributed by atoms with E-state index in [0.29, 0.717) is 5.69 Å². The molecule has 0 saturated carbocycles. The van der Waals surface area contributed by atoms with E-state index in [1.807, 2.05) is 31.2 Å². The molecule has 0 heterocycles. The third-order valence-electron chi connectivity index (χ3n) is 5.95. The first-order valence-corrected chi connectivity index (χ1v) is 11.1. The van der Waals surface area contributed by atoms with Crippen molar-refractivity contribution in [1.82, 2.24) is 5.32 Å². The van der Waals surface area contributed by atoms with Gasteiger partial charge in [0.2, 0.25) is 0 Å². The summed E-state index contributed by atoms with van der Waals surface area (Å²) in [6, 6.07) is 13.9. The molecule has 0 aromatic heterocycles. The highest BCUT2D eigenvalue weighted by Crippen LogP contribution is 2.26. The van der Waals surface area contributed by atoms with E-state index >= 15 is 0 Å². The smallest absolute Gasteiger partial charge is 0.313 e. The van der Waals surface area contributed by atoms with Crippen molar-refractivity contribution in [3.05, 3.63) is 59.2 Å². The topological polar surface area (TPSA) is 61.4 Å². The zero-order valence-electron chi connectivity index (χ0n) is 18.3. The van der Waals surface area contributed by atoms with Gasteiger partial charge in [0.1, 0.15) is 0 Å². The van der Waals surface area contributed by atoms with Crippen LogP contribution in [-0.2, 0) is 22.4 Å². The van der Waals surface area contributed by atoms with Gasteiger partial charge in [-0.25, -0.2) is 0 Å². The Morgan fingerprint density at radius 1 is 0.900 bits per heavy atom. The van der Waals surface area contributed by atoms with Crippen LogP contribution in [0.3, 0.4) is 0 Å². The lowest BCUT2D eigenvalue weighted by Gasteiger charge is -2.22. The number of aryl methyl sites for hydroxylation is 2. The van der Waals surface area contributed by atoms with Crippen molar-refractivity contribution in [2.45, 2.75) is 58.9 Å². The lowest BCUT2D eigenvalue weighted by molar-refractivity contribution is -0.136. The van der Waals surface area contributed by atoms with Crippen molar-refractivity contribution in [3.63, 3.8) is 0 Å². The van der Waals surface area contributed by atoms with Crippen LogP contribution >= 0.6 is 0 Å². The number of anilines is 2.